The Kier molecular flexibility index (Phi) is 5.43. The van der Waals surface area contributed by atoms with Crippen molar-refractivity contribution >= 4 is 62.1 Å². The van der Waals surface area contributed by atoms with Crippen molar-refractivity contribution in [1.29, 1.82) is 0 Å². The van der Waals surface area contributed by atoms with Gasteiger partial charge in [0.05, 0.1) is 12.3 Å². The van der Waals surface area contributed by atoms with E-state index < -0.39 is 11.8 Å². The molecule has 5 nitrogen and oxygen atoms in total. The van der Waals surface area contributed by atoms with Gasteiger partial charge in [0.2, 0.25) is 0 Å². The third kappa shape index (κ3) is 3.87. The summed E-state index contributed by atoms with van der Waals surface area (Å²) in [6, 6.07) is 12.8. The fourth-order valence-electron chi connectivity index (χ4n) is 2.40. The number of carbonyl (C=O) groups is 2. The summed E-state index contributed by atoms with van der Waals surface area (Å²) in [6.07, 6.45) is 1.56. The number of hydrazine groups is 1. The molecule has 1 heterocycles. The first kappa shape index (κ1) is 17.9. The van der Waals surface area contributed by atoms with Crippen LogP contribution in [0.4, 0.5) is 5.69 Å². The van der Waals surface area contributed by atoms with Gasteiger partial charge < -0.3 is 4.74 Å². The molecule has 0 atom stereocenters. The minimum Gasteiger partial charge on any atom is -0.493 e. The average Bonchev–Trinajstić information content (AvgIpc) is 2.86. The number of nitrogens with zero attached hydrogens (tertiary/aromatic N) is 1. The average molecular weight is 513 g/mol. The van der Waals surface area contributed by atoms with Crippen molar-refractivity contribution in [1.82, 2.24) is 5.43 Å². The van der Waals surface area contributed by atoms with Gasteiger partial charge in [0, 0.05) is 13.6 Å². The summed E-state index contributed by atoms with van der Waals surface area (Å²) >= 11 is 5.58. The van der Waals surface area contributed by atoms with Crippen LogP contribution in [0.3, 0.4) is 0 Å². The quantitative estimate of drug-likeness (QED) is 0.384. The van der Waals surface area contributed by atoms with Gasteiger partial charge in [0.15, 0.2) is 0 Å². The number of benzene rings is 2. The van der Waals surface area contributed by atoms with Crippen LogP contribution in [0.5, 0.6) is 5.75 Å². The van der Waals surface area contributed by atoms with Gasteiger partial charge in [-0.3, -0.25) is 15.0 Å². The lowest BCUT2D eigenvalue weighted by molar-refractivity contribution is -0.117. The smallest absolute Gasteiger partial charge is 0.282 e. The summed E-state index contributed by atoms with van der Waals surface area (Å²) < 4.78 is 7.46. The second kappa shape index (κ2) is 7.57. The number of hydrogen-bond donors (Lipinski definition) is 1. The number of ether oxygens (including phenoxy) is 1. The van der Waals surface area contributed by atoms with Crippen LogP contribution in [0.1, 0.15) is 12.5 Å². The summed E-state index contributed by atoms with van der Waals surface area (Å²) in [4.78, 5) is 25.0. The highest BCUT2D eigenvalue weighted by Gasteiger charge is 2.34. The van der Waals surface area contributed by atoms with E-state index in [4.69, 9.17) is 4.74 Å². The Balaban J connectivity index is 1.96. The maximum absolute atomic E-state index is 12.7. The summed E-state index contributed by atoms with van der Waals surface area (Å²) in [5.41, 5.74) is 3.94. The minimum absolute atomic E-state index is 0.0672. The molecule has 0 aromatic heterocycles. The zero-order valence-electron chi connectivity index (χ0n) is 13.3. The fraction of sp³-hybridized carbons (Fsp3) is 0.111. The molecule has 1 fully saturated rings. The Morgan fingerprint density at radius 3 is 2.60 bits per heavy atom. The molecule has 0 aliphatic carbocycles. The molecule has 0 saturated carbocycles. The van der Waals surface area contributed by atoms with Crippen molar-refractivity contribution in [3.05, 3.63) is 61.6 Å². The summed E-state index contributed by atoms with van der Waals surface area (Å²) in [6.45, 7) is 2.37. The van der Waals surface area contributed by atoms with E-state index in [9.17, 15) is 9.59 Å². The zero-order valence-corrected chi connectivity index (χ0v) is 17.0. The molecule has 1 saturated heterocycles. The molecule has 25 heavy (non-hydrogen) atoms. The minimum atomic E-state index is -0.439. The number of halogens is 2. The van der Waals surface area contributed by atoms with Crippen LogP contribution in [-0.4, -0.2) is 18.4 Å². The Morgan fingerprint density at radius 1 is 1.20 bits per heavy atom. The molecule has 1 aliphatic heterocycles. The predicted molar refractivity (Wildman–Crippen MR) is 108 cm³/mol. The highest BCUT2D eigenvalue weighted by atomic mass is 127. The van der Waals surface area contributed by atoms with Gasteiger partial charge >= 0.3 is 0 Å². The van der Waals surface area contributed by atoms with Crippen molar-refractivity contribution in [3.8, 4) is 5.75 Å². The van der Waals surface area contributed by atoms with Crippen molar-refractivity contribution in [2.24, 2.45) is 0 Å². The molecule has 3 rings (SSSR count). The predicted octanol–water partition coefficient (Wildman–Crippen LogP) is 3.91. The number of hydrogen-bond acceptors (Lipinski definition) is 3. The molecule has 128 valence electrons. The van der Waals surface area contributed by atoms with Crippen molar-refractivity contribution in [3.63, 3.8) is 0 Å². The highest BCUT2D eigenvalue weighted by molar-refractivity contribution is 14.1. The van der Waals surface area contributed by atoms with Gasteiger partial charge in [-0.2, -0.15) is 0 Å². The van der Waals surface area contributed by atoms with Crippen LogP contribution in [-0.2, 0) is 9.59 Å². The Labute approximate surface area is 167 Å². The molecule has 0 unspecified atom stereocenters. The first-order valence-corrected chi connectivity index (χ1v) is 9.42. The van der Waals surface area contributed by atoms with Crippen LogP contribution in [0, 0.1) is 3.57 Å². The van der Waals surface area contributed by atoms with Crippen LogP contribution in [0.25, 0.3) is 6.08 Å². The zero-order chi connectivity index (χ0) is 18.0. The van der Waals surface area contributed by atoms with Gasteiger partial charge in [0.1, 0.15) is 11.3 Å². The van der Waals surface area contributed by atoms with E-state index in [1.54, 1.807) is 24.3 Å². The number of anilines is 1. The molecule has 1 aliphatic rings. The maximum Gasteiger partial charge on any atom is 0.282 e. The molecule has 1 N–H and O–H groups in total. The van der Waals surface area contributed by atoms with Gasteiger partial charge in [0.25, 0.3) is 11.8 Å². The van der Waals surface area contributed by atoms with E-state index in [0.717, 1.165) is 8.04 Å². The fourth-order valence-corrected chi connectivity index (χ4v) is 3.14. The van der Waals surface area contributed by atoms with Gasteiger partial charge in [-0.15, -0.1) is 0 Å². The summed E-state index contributed by atoms with van der Waals surface area (Å²) in [5.74, 6) is -0.217. The summed E-state index contributed by atoms with van der Waals surface area (Å²) in [5, 5.41) is 1.25. The number of nitrogens with one attached hydrogen (secondary N) is 1. The second-order valence-corrected chi connectivity index (χ2v) is 7.39. The lowest BCUT2D eigenvalue weighted by Crippen LogP contribution is -2.35. The van der Waals surface area contributed by atoms with Crippen LogP contribution in [0.2, 0.25) is 0 Å². The van der Waals surface area contributed by atoms with E-state index in [0.29, 0.717) is 23.6 Å². The third-order valence-electron chi connectivity index (χ3n) is 3.55. The number of carbonyl (C=O) groups excluding carboxylic acids is 2. The second-order valence-electron chi connectivity index (χ2n) is 5.23. The van der Waals surface area contributed by atoms with Gasteiger partial charge in [-0.25, -0.2) is 5.01 Å². The third-order valence-corrected chi connectivity index (χ3v) is 4.76. The monoisotopic (exact) mass is 512 g/mol. The Morgan fingerprint density at radius 2 is 1.92 bits per heavy atom. The first-order chi connectivity index (χ1) is 12.0. The van der Waals surface area contributed by atoms with E-state index in [-0.39, 0.29) is 5.57 Å². The number of rotatable bonds is 4. The standard InChI is InChI=1S/C18H14BrIN2O3/c1-2-25-16-8-3-12(19)9-11(16)10-15-17(23)21-22(18(15)24)14-6-4-13(20)5-7-14/h3-10H,2H2,1H3,(H,21,23)/b15-10-. The topological polar surface area (TPSA) is 58.6 Å². The van der Waals surface area contributed by atoms with Crippen LogP contribution in [0.15, 0.2) is 52.5 Å². The molecule has 7 heteroatoms. The lowest BCUT2D eigenvalue weighted by Gasteiger charge is -2.14. The Hall–Kier alpha value is -1.87. The van der Waals surface area contributed by atoms with Crippen molar-refractivity contribution in [2.45, 2.75) is 6.92 Å². The van der Waals surface area contributed by atoms with Crippen molar-refractivity contribution < 1.29 is 14.3 Å². The largest absolute Gasteiger partial charge is 0.493 e. The summed E-state index contributed by atoms with van der Waals surface area (Å²) in [7, 11) is 0. The SMILES string of the molecule is CCOc1ccc(Br)cc1/C=C1/C(=O)NN(c2ccc(I)cc2)C1=O. The molecule has 0 bridgehead atoms. The molecule has 0 spiro atoms. The normalized spacial score (nSPS) is 15.6. The maximum atomic E-state index is 12.7. The molecule has 2 amide bonds. The van der Waals surface area contributed by atoms with E-state index in [2.05, 4.69) is 43.9 Å². The van der Waals surface area contributed by atoms with E-state index in [1.165, 1.54) is 5.01 Å². The lowest BCUT2D eigenvalue weighted by atomic mass is 10.1. The van der Waals surface area contributed by atoms with Gasteiger partial charge in [-0.1, -0.05) is 15.9 Å². The molecular formula is C18H14BrIN2O3. The Bertz CT molecular complexity index is 865. The molecule has 2 aromatic carbocycles. The molecular weight excluding hydrogens is 499 g/mol. The van der Waals surface area contributed by atoms with Crippen LogP contribution >= 0.6 is 38.5 Å². The van der Waals surface area contributed by atoms with E-state index in [1.807, 2.05) is 31.2 Å². The molecule has 0 radical (unpaired) electrons. The van der Waals surface area contributed by atoms with Crippen molar-refractivity contribution in [2.75, 3.05) is 11.6 Å². The highest BCUT2D eigenvalue weighted by Crippen LogP contribution is 2.28. The van der Waals surface area contributed by atoms with Crippen LogP contribution < -0.4 is 15.2 Å². The van der Waals surface area contributed by atoms with Gasteiger partial charge in [-0.05, 0) is 78.1 Å². The number of amides is 2. The molecule has 2 aromatic rings. The first-order valence-electron chi connectivity index (χ1n) is 7.54. The van der Waals surface area contributed by atoms with E-state index >= 15 is 0 Å².